The highest BCUT2D eigenvalue weighted by Crippen LogP contribution is 2.21. The first-order chi connectivity index (χ1) is 9.17. The fourth-order valence-electron chi connectivity index (χ4n) is 1.95. The maximum Gasteiger partial charge on any atom is 0.263 e. The molecular weight excluding hydrogens is 264 g/mol. The highest BCUT2D eigenvalue weighted by Gasteiger charge is 2.29. The lowest BCUT2D eigenvalue weighted by atomic mass is 10.2. The second-order valence-corrected chi connectivity index (χ2v) is 5.78. The lowest BCUT2D eigenvalue weighted by Crippen LogP contribution is -2.22. The predicted molar refractivity (Wildman–Crippen MR) is 70.4 cm³/mol. The molecule has 0 spiro atoms. The summed E-state index contributed by atoms with van der Waals surface area (Å²) in [6, 6.07) is 6.83. The predicted octanol–water partition coefficient (Wildman–Crippen LogP) is 0.622. The molecule has 98 valence electrons. The zero-order valence-corrected chi connectivity index (χ0v) is 10.8. The van der Waals surface area contributed by atoms with Crippen LogP contribution in [0.15, 0.2) is 52.9 Å². The molecule has 0 fully saturated rings. The fraction of sp³-hybridized carbons (Fsp3) is 0.167. The van der Waals surface area contributed by atoms with Crippen molar-refractivity contribution < 1.29 is 8.42 Å². The van der Waals surface area contributed by atoms with E-state index in [1.807, 2.05) is 10.8 Å². The Morgan fingerprint density at radius 3 is 2.95 bits per heavy atom. The molecular formula is C12H12N4O2S. The molecule has 19 heavy (non-hydrogen) atoms. The number of fused-ring (bicyclic) bond motifs is 1. The average Bonchev–Trinajstić information content (AvgIpc) is 2.98. The van der Waals surface area contributed by atoms with E-state index in [4.69, 9.17) is 0 Å². The van der Waals surface area contributed by atoms with E-state index in [0.29, 0.717) is 24.5 Å². The summed E-state index contributed by atoms with van der Waals surface area (Å²) in [5, 5.41) is 0. The zero-order valence-electron chi connectivity index (χ0n) is 10.0. The van der Waals surface area contributed by atoms with Crippen molar-refractivity contribution in [1.82, 2.24) is 14.3 Å². The number of nitrogens with zero attached hydrogens (tertiary/aromatic N) is 3. The van der Waals surface area contributed by atoms with Gasteiger partial charge in [0.05, 0.1) is 17.8 Å². The van der Waals surface area contributed by atoms with Gasteiger partial charge in [0.2, 0.25) is 0 Å². The molecule has 1 aliphatic heterocycles. The molecule has 0 saturated carbocycles. The number of hydrogen-bond acceptors (Lipinski definition) is 4. The summed E-state index contributed by atoms with van der Waals surface area (Å²) in [6.07, 6.45) is 5.24. The maximum absolute atomic E-state index is 11.8. The van der Waals surface area contributed by atoms with Crippen LogP contribution >= 0.6 is 0 Å². The summed E-state index contributed by atoms with van der Waals surface area (Å²) < 4.78 is 28.1. The summed E-state index contributed by atoms with van der Waals surface area (Å²) in [7, 11) is -3.44. The van der Waals surface area contributed by atoms with Crippen LogP contribution in [0, 0.1) is 0 Å². The van der Waals surface area contributed by atoms with Crippen LogP contribution in [0.3, 0.4) is 0 Å². The summed E-state index contributed by atoms with van der Waals surface area (Å²) >= 11 is 0. The second-order valence-electron chi connectivity index (χ2n) is 4.13. The van der Waals surface area contributed by atoms with Crippen molar-refractivity contribution >= 4 is 15.9 Å². The van der Waals surface area contributed by atoms with Crippen molar-refractivity contribution in [1.29, 1.82) is 0 Å². The minimum Gasteiger partial charge on any atom is -0.336 e. The number of aliphatic imine (C=N–C) groups is 1. The summed E-state index contributed by atoms with van der Waals surface area (Å²) in [5.41, 5.74) is 0.633. The van der Waals surface area contributed by atoms with Crippen molar-refractivity contribution in [3.63, 3.8) is 0 Å². The standard InChI is InChI=1S/C12H12N4O2S/c17-19(18)11-4-2-1-3-10(11)12(15-19)14-6-8-16-7-5-13-9-16/h1-5,7,9H,6,8H2,(H,14,15). The molecule has 1 aromatic carbocycles. The van der Waals surface area contributed by atoms with Crippen LogP contribution in [-0.4, -0.2) is 30.3 Å². The number of aromatic nitrogens is 2. The van der Waals surface area contributed by atoms with Gasteiger partial charge in [0.25, 0.3) is 10.0 Å². The van der Waals surface area contributed by atoms with E-state index >= 15 is 0 Å². The lowest BCUT2D eigenvalue weighted by molar-refractivity contribution is 0.595. The van der Waals surface area contributed by atoms with Crippen LogP contribution in [0.25, 0.3) is 0 Å². The van der Waals surface area contributed by atoms with Gasteiger partial charge in [0.15, 0.2) is 0 Å². The van der Waals surface area contributed by atoms with E-state index < -0.39 is 10.0 Å². The Bertz CT molecular complexity index is 720. The third-order valence-corrected chi connectivity index (χ3v) is 4.25. The van der Waals surface area contributed by atoms with Gasteiger partial charge in [-0.25, -0.2) is 13.4 Å². The molecule has 0 amide bonds. The molecule has 3 rings (SSSR count). The average molecular weight is 276 g/mol. The molecule has 6 nitrogen and oxygen atoms in total. The van der Waals surface area contributed by atoms with E-state index in [2.05, 4.69) is 14.7 Å². The molecule has 1 N–H and O–H groups in total. The van der Waals surface area contributed by atoms with Gasteiger partial charge in [-0.1, -0.05) is 12.1 Å². The molecule has 0 saturated heterocycles. The number of hydrogen-bond donors (Lipinski definition) is 1. The minimum absolute atomic E-state index is 0.288. The Hall–Kier alpha value is -2.15. The Morgan fingerprint density at radius 1 is 1.32 bits per heavy atom. The van der Waals surface area contributed by atoms with Gasteiger partial charge in [-0.05, 0) is 12.1 Å². The fourth-order valence-corrected chi connectivity index (χ4v) is 3.20. The van der Waals surface area contributed by atoms with Crippen LogP contribution < -0.4 is 4.72 Å². The molecule has 0 bridgehead atoms. The summed E-state index contributed by atoms with van der Waals surface area (Å²) in [4.78, 5) is 8.54. The first kappa shape index (κ1) is 11.9. The van der Waals surface area contributed by atoms with Crippen molar-refractivity contribution in [3.8, 4) is 0 Å². The first-order valence-corrected chi connectivity index (χ1v) is 7.27. The van der Waals surface area contributed by atoms with Crippen LogP contribution in [0.4, 0.5) is 0 Å². The molecule has 1 aromatic heterocycles. The van der Waals surface area contributed by atoms with Crippen molar-refractivity contribution in [2.45, 2.75) is 11.4 Å². The Balaban J connectivity index is 1.83. The molecule has 1 aliphatic rings. The van der Waals surface area contributed by atoms with E-state index in [-0.39, 0.29) is 4.90 Å². The van der Waals surface area contributed by atoms with E-state index in [1.165, 1.54) is 0 Å². The third-order valence-electron chi connectivity index (χ3n) is 2.85. The molecule has 0 atom stereocenters. The Kier molecular flexibility index (Phi) is 2.83. The number of benzene rings is 1. The van der Waals surface area contributed by atoms with E-state index in [9.17, 15) is 8.42 Å². The Morgan fingerprint density at radius 2 is 2.16 bits per heavy atom. The van der Waals surface area contributed by atoms with Gasteiger partial charge in [0.1, 0.15) is 5.84 Å². The zero-order chi connectivity index (χ0) is 13.3. The smallest absolute Gasteiger partial charge is 0.263 e. The van der Waals surface area contributed by atoms with Crippen LogP contribution in [-0.2, 0) is 16.6 Å². The van der Waals surface area contributed by atoms with Crippen molar-refractivity contribution in [3.05, 3.63) is 48.5 Å². The molecule has 0 radical (unpaired) electrons. The van der Waals surface area contributed by atoms with E-state index in [1.54, 1.807) is 36.8 Å². The van der Waals surface area contributed by atoms with Crippen molar-refractivity contribution in [2.24, 2.45) is 4.99 Å². The maximum atomic E-state index is 11.8. The van der Waals surface area contributed by atoms with Crippen LogP contribution in [0.2, 0.25) is 0 Å². The number of sulfonamides is 1. The molecule has 7 heteroatoms. The number of rotatable bonds is 3. The van der Waals surface area contributed by atoms with Gasteiger partial charge in [-0.2, -0.15) is 0 Å². The number of nitrogens with one attached hydrogen (secondary N) is 1. The van der Waals surface area contributed by atoms with Gasteiger partial charge < -0.3 is 4.57 Å². The van der Waals surface area contributed by atoms with Crippen LogP contribution in [0.5, 0.6) is 0 Å². The molecule has 0 aliphatic carbocycles. The Labute approximate surface area is 110 Å². The van der Waals surface area contributed by atoms with E-state index in [0.717, 1.165) is 0 Å². The number of imidazole rings is 1. The quantitative estimate of drug-likeness (QED) is 0.893. The van der Waals surface area contributed by atoms with Gasteiger partial charge in [-0.15, -0.1) is 0 Å². The lowest BCUT2D eigenvalue weighted by Gasteiger charge is -2.00. The SMILES string of the molecule is O=S1(=O)NC(=NCCn2ccnc2)c2ccccc21. The van der Waals surface area contributed by atoms with Gasteiger partial charge in [0, 0.05) is 24.5 Å². The number of amidine groups is 1. The molecule has 2 aromatic rings. The summed E-state index contributed by atoms with van der Waals surface area (Å²) in [5.74, 6) is 0.413. The van der Waals surface area contributed by atoms with Gasteiger partial charge in [-0.3, -0.25) is 9.71 Å². The minimum atomic E-state index is -3.44. The first-order valence-electron chi connectivity index (χ1n) is 5.79. The van der Waals surface area contributed by atoms with Gasteiger partial charge >= 0.3 is 0 Å². The highest BCUT2D eigenvalue weighted by molar-refractivity contribution is 7.90. The largest absolute Gasteiger partial charge is 0.336 e. The molecule has 0 unspecified atom stereocenters. The second kappa shape index (κ2) is 4.51. The third kappa shape index (κ3) is 2.24. The topological polar surface area (TPSA) is 76.3 Å². The van der Waals surface area contributed by atoms with Crippen molar-refractivity contribution in [2.75, 3.05) is 6.54 Å². The normalized spacial score (nSPS) is 18.2. The highest BCUT2D eigenvalue weighted by atomic mass is 32.2. The van der Waals surface area contributed by atoms with Crippen LogP contribution in [0.1, 0.15) is 5.56 Å². The summed E-state index contributed by atoms with van der Waals surface area (Å²) in [6.45, 7) is 1.15. The monoisotopic (exact) mass is 276 g/mol. The molecule has 2 heterocycles.